The van der Waals surface area contributed by atoms with Crippen molar-refractivity contribution >= 4 is 29.8 Å². The maximum atomic E-state index is 12.7. The van der Waals surface area contributed by atoms with E-state index in [1.807, 2.05) is 0 Å². The summed E-state index contributed by atoms with van der Waals surface area (Å²) in [7, 11) is 0. The summed E-state index contributed by atoms with van der Waals surface area (Å²) in [5.74, 6) is -4.33. The predicted octanol–water partition coefficient (Wildman–Crippen LogP) is -0.949. The van der Waals surface area contributed by atoms with E-state index in [1.54, 1.807) is 30.3 Å². The van der Waals surface area contributed by atoms with Crippen LogP contribution in [0.2, 0.25) is 1.41 Å². The van der Waals surface area contributed by atoms with Crippen LogP contribution in [-0.4, -0.2) is 64.5 Å². The van der Waals surface area contributed by atoms with Crippen molar-refractivity contribution in [3.63, 3.8) is 0 Å². The fourth-order valence-corrected chi connectivity index (χ4v) is 2.62. The van der Waals surface area contributed by atoms with Crippen LogP contribution in [0.4, 0.5) is 4.79 Å². The maximum absolute atomic E-state index is 12.7. The zero-order chi connectivity index (χ0) is 25.1. The van der Waals surface area contributed by atoms with Gasteiger partial charge in [0.25, 0.3) is 0 Å². The number of alkyl carbamates (subject to hydrolysis) is 1. The van der Waals surface area contributed by atoms with Crippen LogP contribution >= 0.6 is 0 Å². The van der Waals surface area contributed by atoms with E-state index in [-0.39, 0.29) is 31.2 Å². The predicted molar refractivity (Wildman–Crippen MR) is 113 cm³/mol. The van der Waals surface area contributed by atoms with Gasteiger partial charge in [-0.1, -0.05) is 30.3 Å². The smallest absolute Gasteiger partial charge is 0.407 e. The molecule has 32 heavy (non-hydrogen) atoms. The number of benzene rings is 1. The molecule has 176 valence electrons. The van der Waals surface area contributed by atoms with Crippen molar-refractivity contribution in [2.75, 3.05) is 6.54 Å². The highest BCUT2D eigenvalue weighted by Crippen LogP contribution is 2.09. The number of nitrogens with zero attached hydrogens (tertiary/aromatic N) is 1. The van der Waals surface area contributed by atoms with Gasteiger partial charge in [-0.25, -0.2) is 9.59 Å². The number of carbonyl (C=O) groups excluding carboxylic acids is 4. The van der Waals surface area contributed by atoms with Crippen LogP contribution in [0.5, 0.6) is 0 Å². The van der Waals surface area contributed by atoms with Gasteiger partial charge in [0.15, 0.2) is 1.41 Å². The number of amides is 4. The highest BCUT2D eigenvalue weighted by atomic mass is 16.5. The van der Waals surface area contributed by atoms with Crippen molar-refractivity contribution in [1.29, 1.82) is 0 Å². The molecule has 3 atom stereocenters. The van der Waals surface area contributed by atoms with Crippen LogP contribution < -0.4 is 22.5 Å². The minimum absolute atomic E-state index is 0.000358. The van der Waals surface area contributed by atoms with Gasteiger partial charge in [0.05, 0.1) is 12.1 Å². The Bertz CT molecular complexity index is 854. The molecule has 0 radical (unpaired) electrons. The van der Waals surface area contributed by atoms with E-state index >= 15 is 0 Å². The lowest BCUT2D eigenvalue weighted by molar-refractivity contribution is -0.157. The largest absolute Gasteiger partial charge is 0.480 e. The van der Waals surface area contributed by atoms with Gasteiger partial charge >= 0.3 is 12.1 Å². The number of nitrogens with two attached hydrogens (primary N) is 3. The molecule has 0 heterocycles. The van der Waals surface area contributed by atoms with Crippen molar-refractivity contribution in [3.8, 4) is 0 Å². The van der Waals surface area contributed by atoms with Crippen LogP contribution in [0.25, 0.3) is 0 Å². The van der Waals surface area contributed by atoms with E-state index in [2.05, 4.69) is 0 Å². The van der Waals surface area contributed by atoms with Crippen LogP contribution in [0.1, 0.15) is 31.7 Å². The fourth-order valence-electron chi connectivity index (χ4n) is 2.62. The summed E-state index contributed by atoms with van der Waals surface area (Å²) in [6.45, 7) is 0.0157. The third-order valence-corrected chi connectivity index (χ3v) is 4.51. The molecule has 0 saturated carbocycles. The fraction of sp³-hybridized carbons (Fsp3) is 0.450. The molecule has 1 aromatic carbocycles. The van der Waals surface area contributed by atoms with Gasteiger partial charge in [0.2, 0.25) is 17.7 Å². The summed E-state index contributed by atoms with van der Waals surface area (Å²) < 4.78 is 12.7. The first-order valence-corrected chi connectivity index (χ1v) is 9.82. The summed E-state index contributed by atoms with van der Waals surface area (Å²) in [5, 5.41) is 9.47. The SMILES string of the molecule is [2H]N(CC(=O)N(C(=O)C(N)CCCC(N)C(N)=O)[C@H](C)C(=O)O)C(=O)OCc1ccccc1. The molecule has 0 aliphatic carbocycles. The Balaban J connectivity index is 2.76. The minimum atomic E-state index is -1.60. The molecule has 4 amide bonds. The van der Waals surface area contributed by atoms with Crippen molar-refractivity contribution in [1.82, 2.24) is 10.2 Å². The van der Waals surface area contributed by atoms with Crippen LogP contribution in [0, 0.1) is 0 Å². The van der Waals surface area contributed by atoms with E-state index in [1.165, 1.54) is 0 Å². The number of rotatable bonds is 12. The monoisotopic (exact) mass is 452 g/mol. The first-order valence-electron chi connectivity index (χ1n) is 10.3. The molecular weight excluding hydrogens is 422 g/mol. The van der Waals surface area contributed by atoms with E-state index < -0.39 is 54.5 Å². The second kappa shape index (κ2) is 13.0. The lowest BCUT2D eigenvalue weighted by Crippen LogP contribution is -2.55. The molecule has 0 aliphatic heterocycles. The Hall–Kier alpha value is -3.51. The molecule has 0 fully saturated rings. The van der Waals surface area contributed by atoms with Gasteiger partial charge in [-0.15, -0.1) is 0 Å². The summed E-state index contributed by atoms with van der Waals surface area (Å²) in [6, 6.07) is 4.81. The van der Waals surface area contributed by atoms with Gasteiger partial charge in [0, 0.05) is 0 Å². The van der Waals surface area contributed by atoms with E-state index in [9.17, 15) is 29.1 Å². The van der Waals surface area contributed by atoms with Crippen LogP contribution in [0.3, 0.4) is 0 Å². The summed E-state index contributed by atoms with van der Waals surface area (Å²) in [5.41, 5.74) is 17.0. The van der Waals surface area contributed by atoms with E-state index in [0.29, 0.717) is 10.5 Å². The Morgan fingerprint density at radius 1 is 1.12 bits per heavy atom. The number of nitrogens with one attached hydrogen (secondary N) is 1. The topological polar surface area (TPSA) is 208 Å². The molecule has 12 heteroatoms. The molecule has 8 N–H and O–H groups in total. The second-order valence-corrected chi connectivity index (χ2v) is 7.02. The Morgan fingerprint density at radius 3 is 2.28 bits per heavy atom. The summed E-state index contributed by atoms with van der Waals surface area (Å²) >= 11 is 0. The van der Waals surface area contributed by atoms with E-state index in [4.69, 9.17) is 23.3 Å². The third-order valence-electron chi connectivity index (χ3n) is 4.51. The zero-order valence-corrected chi connectivity index (χ0v) is 17.7. The first-order chi connectivity index (χ1) is 15.5. The highest BCUT2D eigenvalue weighted by molar-refractivity contribution is 6.02. The summed E-state index contributed by atoms with van der Waals surface area (Å²) in [4.78, 5) is 60.1. The van der Waals surface area contributed by atoms with Gasteiger partial charge in [0.1, 0.15) is 19.2 Å². The first kappa shape index (κ1) is 24.8. The van der Waals surface area contributed by atoms with Crippen molar-refractivity contribution < 1.29 is 35.2 Å². The molecule has 0 saturated heterocycles. The van der Waals surface area contributed by atoms with Crippen molar-refractivity contribution in [2.24, 2.45) is 17.2 Å². The molecular formula is C20H29N5O7. The van der Waals surface area contributed by atoms with Gasteiger partial charge in [-0.3, -0.25) is 19.3 Å². The van der Waals surface area contributed by atoms with Crippen molar-refractivity contribution in [3.05, 3.63) is 35.9 Å². The number of hydrogen-bond donors (Lipinski definition) is 5. The lowest BCUT2D eigenvalue weighted by Gasteiger charge is -2.27. The maximum Gasteiger partial charge on any atom is 0.407 e. The van der Waals surface area contributed by atoms with E-state index in [0.717, 1.165) is 6.92 Å². The van der Waals surface area contributed by atoms with Crippen molar-refractivity contribution in [2.45, 2.75) is 50.9 Å². The number of carboxylic acids is 1. The molecule has 2 unspecified atom stereocenters. The number of ether oxygens (including phenoxy) is 1. The number of carbonyl (C=O) groups is 5. The second-order valence-electron chi connectivity index (χ2n) is 7.02. The molecule has 0 aromatic heterocycles. The summed E-state index contributed by atoms with van der Waals surface area (Å²) in [6.07, 6.45) is -0.796. The molecule has 0 bridgehead atoms. The normalized spacial score (nSPS) is 13.8. The molecule has 1 rings (SSSR count). The molecule has 1 aromatic rings. The number of hydrogen-bond acceptors (Lipinski definition) is 8. The zero-order valence-electron chi connectivity index (χ0n) is 18.7. The Labute approximate surface area is 186 Å². The van der Waals surface area contributed by atoms with Gasteiger partial charge < -0.3 is 32.4 Å². The van der Waals surface area contributed by atoms with Gasteiger partial charge in [-0.2, -0.15) is 0 Å². The minimum Gasteiger partial charge on any atom is -0.480 e. The average Bonchev–Trinajstić information content (AvgIpc) is 2.77. The Morgan fingerprint density at radius 2 is 1.72 bits per heavy atom. The number of imide groups is 1. The molecule has 12 nitrogen and oxygen atoms in total. The highest BCUT2D eigenvalue weighted by Gasteiger charge is 2.34. The molecule has 0 spiro atoms. The third kappa shape index (κ3) is 8.70. The Kier molecular flexibility index (Phi) is 10.1. The average molecular weight is 452 g/mol. The van der Waals surface area contributed by atoms with Gasteiger partial charge in [-0.05, 0) is 31.7 Å². The molecule has 0 aliphatic rings. The quantitative estimate of drug-likeness (QED) is 0.264. The number of primary amides is 1. The van der Waals surface area contributed by atoms with Crippen LogP contribution in [-0.2, 0) is 30.5 Å². The number of carboxylic acid groups (broad SMARTS) is 1. The lowest BCUT2D eigenvalue weighted by atomic mass is 10.0. The standard InChI is InChI=1S/C20H29N5O7/c1-12(19(29)30)25(18(28)15(22)9-5-8-14(21)17(23)27)16(26)10-24-20(31)32-11-13-6-3-2-4-7-13/h2-4,6-7,12,14-15H,5,8-11,21-22H2,1H3,(H2,23,27)(H,24,31)(H,29,30)/t12-,14?,15?/m1/s1/i/hD. The van der Waals surface area contributed by atoms with Crippen LogP contribution in [0.15, 0.2) is 30.3 Å². The number of aliphatic carboxylic acids is 1.